The number of amides is 2. The van der Waals surface area contributed by atoms with E-state index in [4.69, 9.17) is 0 Å². The van der Waals surface area contributed by atoms with Gasteiger partial charge >= 0.3 is 18.3 Å². The first-order valence-electron chi connectivity index (χ1n) is 9.80. The van der Waals surface area contributed by atoms with Gasteiger partial charge < -0.3 is 15.4 Å². The number of hydrogen-bond acceptors (Lipinski definition) is 4. The lowest BCUT2D eigenvalue weighted by molar-refractivity contribution is -0.274. The highest BCUT2D eigenvalue weighted by molar-refractivity contribution is 5.89. The van der Waals surface area contributed by atoms with Crippen LogP contribution in [0.25, 0.3) is 16.8 Å². The van der Waals surface area contributed by atoms with Crippen LogP contribution in [0.4, 0.5) is 32.4 Å². The van der Waals surface area contributed by atoms with Gasteiger partial charge in [0.2, 0.25) is 5.82 Å². The number of rotatable bonds is 6. The first kappa shape index (κ1) is 23.0. The van der Waals surface area contributed by atoms with Crippen LogP contribution in [0.15, 0.2) is 72.9 Å². The van der Waals surface area contributed by atoms with Crippen molar-refractivity contribution in [3.05, 3.63) is 78.8 Å². The van der Waals surface area contributed by atoms with Crippen LogP contribution < -0.4 is 15.4 Å². The van der Waals surface area contributed by atoms with Gasteiger partial charge in [-0.05, 0) is 47.5 Å². The number of halogens is 5. The van der Waals surface area contributed by atoms with Crippen molar-refractivity contribution in [1.29, 1.82) is 0 Å². The number of ether oxygens (including phenoxy) is 1. The SMILES string of the molecule is O=C(NCC(F)(F)c1nnc2ccc(-c3ccc(OC(F)(F)F)cc3)cn12)Nc1ccccc1. The fraction of sp³-hybridized carbons (Fsp3) is 0.136. The Bertz CT molecular complexity index is 1290. The van der Waals surface area contributed by atoms with Crippen molar-refractivity contribution in [2.75, 3.05) is 11.9 Å². The maximum absolute atomic E-state index is 14.9. The van der Waals surface area contributed by atoms with Crippen LogP contribution in [0.3, 0.4) is 0 Å². The van der Waals surface area contributed by atoms with E-state index in [-0.39, 0.29) is 5.65 Å². The van der Waals surface area contributed by atoms with E-state index in [1.54, 1.807) is 36.4 Å². The van der Waals surface area contributed by atoms with Gasteiger partial charge in [0.1, 0.15) is 5.75 Å². The number of hydrogen-bond donors (Lipinski definition) is 2. The molecule has 0 spiro atoms. The predicted molar refractivity (Wildman–Crippen MR) is 112 cm³/mol. The van der Waals surface area contributed by atoms with Crippen LogP contribution in [0, 0.1) is 0 Å². The Morgan fingerprint density at radius 1 is 0.882 bits per heavy atom. The molecule has 0 aliphatic rings. The zero-order chi connectivity index (χ0) is 24.3. The summed E-state index contributed by atoms with van der Waals surface area (Å²) in [7, 11) is 0. The lowest BCUT2D eigenvalue weighted by Crippen LogP contribution is -2.38. The maximum Gasteiger partial charge on any atom is 0.573 e. The molecule has 7 nitrogen and oxygen atoms in total. The summed E-state index contributed by atoms with van der Waals surface area (Å²) < 4.78 is 71.7. The number of carbonyl (C=O) groups excluding carboxylic acids is 1. The number of pyridine rings is 1. The Labute approximate surface area is 189 Å². The van der Waals surface area contributed by atoms with E-state index in [1.165, 1.54) is 24.4 Å². The third kappa shape index (κ3) is 5.39. The Morgan fingerprint density at radius 2 is 1.56 bits per heavy atom. The molecule has 12 heteroatoms. The molecule has 2 aromatic carbocycles. The molecular formula is C22H16F5N5O2. The van der Waals surface area contributed by atoms with Gasteiger partial charge in [-0.3, -0.25) is 4.40 Å². The molecule has 34 heavy (non-hydrogen) atoms. The number of anilines is 1. The number of nitrogens with zero attached hydrogens (tertiary/aromatic N) is 3. The molecule has 0 bridgehead atoms. The number of para-hydroxylation sites is 1. The van der Waals surface area contributed by atoms with Gasteiger partial charge in [-0.1, -0.05) is 30.3 Å². The minimum atomic E-state index is -4.82. The highest BCUT2D eigenvalue weighted by Crippen LogP contribution is 2.29. The van der Waals surface area contributed by atoms with E-state index < -0.39 is 36.4 Å². The van der Waals surface area contributed by atoms with Gasteiger partial charge in [-0.25, -0.2) is 4.79 Å². The molecular weight excluding hydrogens is 461 g/mol. The molecule has 0 atom stereocenters. The van der Waals surface area contributed by atoms with Crippen LogP contribution in [0.1, 0.15) is 5.82 Å². The second-order valence-electron chi connectivity index (χ2n) is 7.12. The summed E-state index contributed by atoms with van der Waals surface area (Å²) in [5.41, 5.74) is 1.45. The van der Waals surface area contributed by atoms with Crippen molar-refractivity contribution in [2.24, 2.45) is 0 Å². The number of aromatic nitrogens is 3. The number of nitrogens with one attached hydrogen (secondary N) is 2. The van der Waals surface area contributed by atoms with Crippen molar-refractivity contribution >= 4 is 17.4 Å². The molecule has 2 N–H and O–H groups in total. The van der Waals surface area contributed by atoms with E-state index in [1.807, 2.05) is 0 Å². The molecule has 2 amide bonds. The van der Waals surface area contributed by atoms with E-state index in [2.05, 4.69) is 25.6 Å². The summed E-state index contributed by atoms with van der Waals surface area (Å²) in [4.78, 5) is 12.0. The summed E-state index contributed by atoms with van der Waals surface area (Å²) in [6.45, 7) is -1.04. The van der Waals surface area contributed by atoms with Crippen LogP contribution in [0.5, 0.6) is 5.75 Å². The van der Waals surface area contributed by atoms with Crippen molar-refractivity contribution in [2.45, 2.75) is 12.3 Å². The second kappa shape index (κ2) is 8.96. The number of fused-ring (bicyclic) bond motifs is 1. The Morgan fingerprint density at radius 3 is 2.24 bits per heavy atom. The standard InChI is InChI=1S/C22H16F5N5O2/c23-21(24,13-28-20(33)29-16-4-2-1-3-5-16)19-31-30-18-11-8-15(12-32(18)19)14-6-9-17(10-7-14)34-22(25,26)27/h1-12H,13H2,(H2,28,29,33). The first-order chi connectivity index (χ1) is 16.1. The molecule has 0 unspecified atom stereocenters. The summed E-state index contributed by atoms with van der Waals surface area (Å²) >= 11 is 0. The summed E-state index contributed by atoms with van der Waals surface area (Å²) in [5.74, 6) is -4.69. The normalized spacial score (nSPS) is 11.9. The maximum atomic E-state index is 14.9. The number of alkyl halides is 5. The summed E-state index contributed by atoms with van der Waals surface area (Å²) in [6.07, 6.45) is -3.49. The largest absolute Gasteiger partial charge is 0.573 e. The van der Waals surface area contributed by atoms with E-state index in [0.717, 1.165) is 16.5 Å². The van der Waals surface area contributed by atoms with Gasteiger partial charge in [-0.2, -0.15) is 8.78 Å². The molecule has 0 aliphatic heterocycles. The minimum Gasteiger partial charge on any atom is -0.406 e. The van der Waals surface area contributed by atoms with Gasteiger partial charge in [-0.15, -0.1) is 23.4 Å². The van der Waals surface area contributed by atoms with Gasteiger partial charge in [0.25, 0.3) is 0 Å². The highest BCUT2D eigenvalue weighted by atomic mass is 19.4. The first-order valence-corrected chi connectivity index (χ1v) is 9.80. The Hall–Kier alpha value is -4.22. The second-order valence-corrected chi connectivity index (χ2v) is 7.12. The number of urea groups is 1. The number of carbonyl (C=O) groups is 1. The Balaban J connectivity index is 1.51. The minimum absolute atomic E-state index is 0.129. The highest BCUT2D eigenvalue weighted by Gasteiger charge is 2.37. The zero-order valence-corrected chi connectivity index (χ0v) is 17.2. The number of benzene rings is 2. The lowest BCUT2D eigenvalue weighted by Gasteiger charge is -2.16. The molecule has 0 saturated heterocycles. The lowest BCUT2D eigenvalue weighted by atomic mass is 10.1. The monoisotopic (exact) mass is 477 g/mol. The van der Waals surface area contributed by atoms with E-state index >= 15 is 0 Å². The quantitative estimate of drug-likeness (QED) is 0.374. The molecule has 2 aromatic heterocycles. The molecule has 4 rings (SSSR count). The topological polar surface area (TPSA) is 80.5 Å². The fourth-order valence-corrected chi connectivity index (χ4v) is 3.13. The van der Waals surface area contributed by atoms with Crippen molar-refractivity contribution in [3.63, 3.8) is 0 Å². The Kier molecular flexibility index (Phi) is 6.05. The molecule has 2 heterocycles. The van der Waals surface area contributed by atoms with Crippen molar-refractivity contribution < 1.29 is 31.5 Å². The fourth-order valence-electron chi connectivity index (χ4n) is 3.13. The molecule has 0 aliphatic carbocycles. The van der Waals surface area contributed by atoms with Gasteiger partial charge in [0.05, 0.1) is 6.54 Å². The van der Waals surface area contributed by atoms with E-state index in [9.17, 15) is 26.7 Å². The van der Waals surface area contributed by atoms with Crippen LogP contribution in [-0.2, 0) is 5.92 Å². The van der Waals surface area contributed by atoms with Crippen molar-refractivity contribution in [3.8, 4) is 16.9 Å². The third-order valence-electron chi connectivity index (χ3n) is 4.65. The van der Waals surface area contributed by atoms with Gasteiger partial charge in [0.15, 0.2) is 5.65 Å². The molecule has 176 valence electrons. The van der Waals surface area contributed by atoms with Gasteiger partial charge in [0, 0.05) is 11.9 Å². The molecule has 0 fully saturated rings. The third-order valence-corrected chi connectivity index (χ3v) is 4.65. The molecule has 0 saturated carbocycles. The van der Waals surface area contributed by atoms with Crippen LogP contribution in [-0.4, -0.2) is 33.5 Å². The van der Waals surface area contributed by atoms with Crippen LogP contribution >= 0.6 is 0 Å². The summed E-state index contributed by atoms with van der Waals surface area (Å²) in [6, 6.07) is 15.5. The average Bonchev–Trinajstić information content (AvgIpc) is 3.22. The van der Waals surface area contributed by atoms with E-state index in [0.29, 0.717) is 16.8 Å². The zero-order valence-electron chi connectivity index (χ0n) is 17.2. The average molecular weight is 477 g/mol. The summed E-state index contributed by atoms with van der Waals surface area (Å²) in [5, 5.41) is 11.8. The predicted octanol–water partition coefficient (Wildman–Crippen LogP) is 5.21. The van der Waals surface area contributed by atoms with Crippen molar-refractivity contribution in [1.82, 2.24) is 19.9 Å². The molecule has 4 aromatic rings. The molecule has 0 radical (unpaired) electrons. The smallest absolute Gasteiger partial charge is 0.406 e. The van der Waals surface area contributed by atoms with Crippen LogP contribution in [0.2, 0.25) is 0 Å².